The maximum atomic E-state index is 12.4. The van der Waals surface area contributed by atoms with E-state index in [0.717, 1.165) is 24.0 Å². The van der Waals surface area contributed by atoms with Crippen molar-refractivity contribution < 1.29 is 8.42 Å². The van der Waals surface area contributed by atoms with Gasteiger partial charge in [0.15, 0.2) is 0 Å². The number of aryl methyl sites for hydroxylation is 3. The first-order valence-corrected chi connectivity index (χ1v) is 9.56. The van der Waals surface area contributed by atoms with Gasteiger partial charge in [0.05, 0.1) is 17.6 Å². The zero-order valence-corrected chi connectivity index (χ0v) is 14.5. The van der Waals surface area contributed by atoms with Crippen molar-refractivity contribution in [3.05, 3.63) is 46.8 Å². The van der Waals surface area contributed by atoms with E-state index in [1.54, 1.807) is 6.07 Å². The Hall–Kier alpha value is -1.66. The molecule has 0 aliphatic heterocycles. The Kier molecular flexibility index (Phi) is 4.55. The molecule has 1 N–H and O–H groups in total. The van der Waals surface area contributed by atoms with E-state index in [1.165, 1.54) is 24.1 Å². The van der Waals surface area contributed by atoms with Gasteiger partial charge in [-0.25, -0.2) is 13.1 Å². The number of nitrogens with zero attached hydrogens (tertiary/aromatic N) is 2. The topological polar surface area (TPSA) is 64.0 Å². The molecule has 1 aliphatic carbocycles. The Labute approximate surface area is 137 Å². The fraction of sp³-hybridized carbons (Fsp3) is 0.471. The van der Waals surface area contributed by atoms with Gasteiger partial charge < -0.3 is 0 Å². The highest BCUT2D eigenvalue weighted by Gasteiger charge is 2.18. The van der Waals surface area contributed by atoms with E-state index in [1.807, 2.05) is 36.9 Å². The Balaban J connectivity index is 1.67. The standard InChI is InChI=1S/C17H23N3O2S/c1-13-7-8-17(14(2)11-13)23(21,22)19-9-10-20-16-6-4-3-5-15(16)12-18-20/h7-8,11-12,19H,3-6,9-10H2,1-2H3. The van der Waals surface area contributed by atoms with Crippen LogP contribution in [0.15, 0.2) is 29.3 Å². The highest BCUT2D eigenvalue weighted by Crippen LogP contribution is 2.20. The second-order valence-electron chi connectivity index (χ2n) is 6.21. The molecule has 23 heavy (non-hydrogen) atoms. The third-order valence-corrected chi connectivity index (χ3v) is 6.00. The van der Waals surface area contributed by atoms with E-state index in [0.29, 0.717) is 18.0 Å². The quantitative estimate of drug-likeness (QED) is 0.913. The molecule has 0 unspecified atom stereocenters. The number of aromatic nitrogens is 2. The first-order chi connectivity index (χ1) is 11.0. The summed E-state index contributed by atoms with van der Waals surface area (Å²) in [5.74, 6) is 0. The van der Waals surface area contributed by atoms with Gasteiger partial charge in [-0.1, -0.05) is 17.7 Å². The molecule has 2 aromatic rings. The molecule has 3 rings (SSSR count). The molecule has 1 aromatic carbocycles. The smallest absolute Gasteiger partial charge is 0.240 e. The van der Waals surface area contributed by atoms with Crippen LogP contribution in [0, 0.1) is 13.8 Å². The third kappa shape index (κ3) is 3.48. The molecule has 0 fully saturated rings. The normalized spacial score (nSPS) is 14.7. The first kappa shape index (κ1) is 16.2. The van der Waals surface area contributed by atoms with Crippen LogP contribution in [0.25, 0.3) is 0 Å². The van der Waals surface area contributed by atoms with Crippen molar-refractivity contribution in [3.63, 3.8) is 0 Å². The molecule has 0 atom stereocenters. The monoisotopic (exact) mass is 333 g/mol. The summed E-state index contributed by atoms with van der Waals surface area (Å²) in [4.78, 5) is 0.352. The lowest BCUT2D eigenvalue weighted by molar-refractivity contribution is 0.538. The molecule has 6 heteroatoms. The van der Waals surface area contributed by atoms with Gasteiger partial charge in [0.2, 0.25) is 10.0 Å². The average Bonchev–Trinajstić information content (AvgIpc) is 2.90. The van der Waals surface area contributed by atoms with Crippen LogP contribution in [0.1, 0.15) is 35.2 Å². The first-order valence-electron chi connectivity index (χ1n) is 8.08. The number of hydrogen-bond acceptors (Lipinski definition) is 3. The van der Waals surface area contributed by atoms with E-state index in [4.69, 9.17) is 0 Å². The van der Waals surface area contributed by atoms with Crippen molar-refractivity contribution in [2.45, 2.75) is 51.0 Å². The largest absolute Gasteiger partial charge is 0.268 e. The lowest BCUT2D eigenvalue weighted by Gasteiger charge is -2.14. The maximum absolute atomic E-state index is 12.4. The Morgan fingerprint density at radius 3 is 2.78 bits per heavy atom. The van der Waals surface area contributed by atoms with Gasteiger partial charge >= 0.3 is 0 Å². The van der Waals surface area contributed by atoms with Gasteiger partial charge in [-0.15, -0.1) is 0 Å². The van der Waals surface area contributed by atoms with Gasteiger partial charge in [-0.2, -0.15) is 5.10 Å². The minimum absolute atomic E-state index is 0.351. The number of hydrogen-bond donors (Lipinski definition) is 1. The number of fused-ring (bicyclic) bond motifs is 1. The van der Waals surface area contributed by atoms with Gasteiger partial charge in [0.1, 0.15) is 0 Å². The van der Waals surface area contributed by atoms with Crippen LogP contribution in [0.4, 0.5) is 0 Å². The van der Waals surface area contributed by atoms with E-state index in [9.17, 15) is 8.42 Å². The molecule has 124 valence electrons. The van der Waals surface area contributed by atoms with Crippen molar-refractivity contribution in [1.29, 1.82) is 0 Å². The fourth-order valence-electron chi connectivity index (χ4n) is 3.21. The molecule has 1 aliphatic rings. The fourth-order valence-corrected chi connectivity index (χ4v) is 4.46. The minimum atomic E-state index is -3.47. The van der Waals surface area contributed by atoms with Crippen LogP contribution < -0.4 is 4.72 Å². The summed E-state index contributed by atoms with van der Waals surface area (Å²) in [5, 5.41) is 4.40. The lowest BCUT2D eigenvalue weighted by Crippen LogP contribution is -2.28. The highest BCUT2D eigenvalue weighted by molar-refractivity contribution is 7.89. The van der Waals surface area contributed by atoms with Crippen LogP contribution >= 0.6 is 0 Å². The number of rotatable bonds is 5. The molecule has 1 heterocycles. The average molecular weight is 333 g/mol. The van der Waals surface area contributed by atoms with Gasteiger partial charge in [0.25, 0.3) is 0 Å². The lowest BCUT2D eigenvalue weighted by atomic mass is 9.98. The molecule has 0 bridgehead atoms. The van der Waals surface area contributed by atoms with Gasteiger partial charge in [-0.05, 0) is 56.7 Å². The molecule has 0 spiro atoms. The maximum Gasteiger partial charge on any atom is 0.240 e. The Morgan fingerprint density at radius 2 is 2.00 bits per heavy atom. The molecule has 0 saturated carbocycles. The van der Waals surface area contributed by atoms with Crippen LogP contribution in [-0.4, -0.2) is 24.7 Å². The third-order valence-electron chi connectivity index (χ3n) is 4.38. The second kappa shape index (κ2) is 6.45. The molecule has 0 saturated heterocycles. The molecule has 0 radical (unpaired) electrons. The van der Waals surface area contributed by atoms with E-state index >= 15 is 0 Å². The van der Waals surface area contributed by atoms with Gasteiger partial charge in [0, 0.05) is 12.2 Å². The number of nitrogens with one attached hydrogen (secondary N) is 1. The minimum Gasteiger partial charge on any atom is -0.268 e. The van der Waals surface area contributed by atoms with Crippen LogP contribution in [-0.2, 0) is 29.4 Å². The van der Waals surface area contributed by atoms with Crippen molar-refractivity contribution in [2.75, 3.05) is 6.54 Å². The van der Waals surface area contributed by atoms with Crippen molar-refractivity contribution >= 4 is 10.0 Å². The van der Waals surface area contributed by atoms with Crippen LogP contribution in [0.5, 0.6) is 0 Å². The summed E-state index contributed by atoms with van der Waals surface area (Å²) in [7, 11) is -3.47. The summed E-state index contributed by atoms with van der Waals surface area (Å²) in [6.07, 6.45) is 6.46. The highest BCUT2D eigenvalue weighted by atomic mass is 32.2. The second-order valence-corrected chi connectivity index (χ2v) is 7.95. The van der Waals surface area contributed by atoms with E-state index < -0.39 is 10.0 Å². The van der Waals surface area contributed by atoms with Crippen molar-refractivity contribution in [1.82, 2.24) is 14.5 Å². The Bertz CT molecular complexity index is 809. The van der Waals surface area contributed by atoms with Crippen LogP contribution in [0.2, 0.25) is 0 Å². The molecular weight excluding hydrogens is 310 g/mol. The number of sulfonamides is 1. The van der Waals surface area contributed by atoms with Crippen molar-refractivity contribution in [2.24, 2.45) is 0 Å². The summed E-state index contributed by atoms with van der Waals surface area (Å²) in [5.41, 5.74) is 4.41. The molecular formula is C17H23N3O2S. The predicted octanol–water partition coefficient (Wildman–Crippen LogP) is 2.36. The van der Waals surface area contributed by atoms with Crippen LogP contribution in [0.3, 0.4) is 0 Å². The SMILES string of the molecule is Cc1ccc(S(=O)(=O)NCCn2ncc3c2CCCC3)c(C)c1. The summed E-state index contributed by atoms with van der Waals surface area (Å²) in [6.45, 7) is 4.70. The zero-order chi connectivity index (χ0) is 16.4. The summed E-state index contributed by atoms with van der Waals surface area (Å²) in [6, 6.07) is 5.38. The summed E-state index contributed by atoms with van der Waals surface area (Å²) >= 11 is 0. The van der Waals surface area contributed by atoms with E-state index in [-0.39, 0.29) is 0 Å². The molecule has 5 nitrogen and oxygen atoms in total. The summed E-state index contributed by atoms with van der Waals surface area (Å²) < 4.78 is 29.5. The zero-order valence-electron chi connectivity index (χ0n) is 13.7. The molecule has 1 aromatic heterocycles. The predicted molar refractivity (Wildman–Crippen MR) is 90.0 cm³/mol. The molecule has 0 amide bonds. The number of benzene rings is 1. The van der Waals surface area contributed by atoms with Crippen molar-refractivity contribution in [3.8, 4) is 0 Å². The van der Waals surface area contributed by atoms with E-state index in [2.05, 4.69) is 9.82 Å². The van der Waals surface area contributed by atoms with Gasteiger partial charge in [-0.3, -0.25) is 4.68 Å². The Morgan fingerprint density at radius 1 is 1.22 bits per heavy atom.